The minimum absolute atomic E-state index is 0.00489. The van der Waals surface area contributed by atoms with E-state index in [0.717, 1.165) is 62.0 Å². The van der Waals surface area contributed by atoms with Gasteiger partial charge in [0.1, 0.15) is 13.1 Å². The first-order valence-electron chi connectivity index (χ1n) is 12.2. The summed E-state index contributed by atoms with van der Waals surface area (Å²) in [5.41, 5.74) is 1.10. The van der Waals surface area contributed by atoms with Crippen molar-refractivity contribution in [2.75, 3.05) is 39.4 Å². The third kappa shape index (κ3) is 4.55. The lowest BCUT2D eigenvalue weighted by Gasteiger charge is -2.34. The van der Waals surface area contributed by atoms with Crippen LogP contribution in [0.2, 0.25) is 0 Å². The number of nitrogens with one attached hydrogen (secondary N) is 1. The molecule has 1 heterocycles. The molecule has 2 aromatic carbocycles. The number of aliphatic carboxylic acids is 1. The standard InChI is InChI=1S/C27H32N2O4/c30-26(24-20-9-10-21(17-20)25(24)27(31)32)29(12-4-11-28-13-15-33-16-14-28)18-22-7-3-6-19-5-1-2-8-23(19)22/h1-3,5-10,20-21,24-25H,4,11-18H2,(H,31,32)/t20-,21+,24+,25-/m1/s1. The van der Waals surface area contributed by atoms with Gasteiger partial charge in [-0.2, -0.15) is 0 Å². The number of hydrogen-bond donors (Lipinski definition) is 1. The van der Waals surface area contributed by atoms with Crippen LogP contribution < -0.4 is 10.0 Å². The molecule has 4 atom stereocenters. The van der Waals surface area contributed by atoms with Gasteiger partial charge in [0, 0.05) is 31.4 Å². The molecule has 5 rings (SSSR count). The minimum atomic E-state index is -1.09. The fourth-order valence-electron chi connectivity index (χ4n) is 6.02. The van der Waals surface area contributed by atoms with Crippen molar-refractivity contribution in [2.24, 2.45) is 23.7 Å². The first-order chi connectivity index (χ1) is 16.1. The highest BCUT2D eigenvalue weighted by atomic mass is 16.5. The first-order valence-corrected chi connectivity index (χ1v) is 12.2. The lowest BCUT2D eigenvalue weighted by molar-refractivity contribution is -0.908. The van der Waals surface area contributed by atoms with Gasteiger partial charge in [-0.15, -0.1) is 0 Å². The summed E-state index contributed by atoms with van der Waals surface area (Å²) in [5.74, 6) is -2.43. The second-order valence-electron chi connectivity index (χ2n) is 9.68. The maximum absolute atomic E-state index is 13.8. The van der Waals surface area contributed by atoms with Gasteiger partial charge in [-0.25, -0.2) is 0 Å². The molecule has 33 heavy (non-hydrogen) atoms. The van der Waals surface area contributed by atoms with E-state index in [0.29, 0.717) is 13.1 Å². The second kappa shape index (κ2) is 9.65. The van der Waals surface area contributed by atoms with Crippen LogP contribution in [0.5, 0.6) is 0 Å². The number of amides is 1. The number of nitrogens with zero attached hydrogens (tertiary/aromatic N) is 1. The van der Waals surface area contributed by atoms with E-state index in [2.05, 4.69) is 24.3 Å². The Balaban J connectivity index is 1.37. The van der Waals surface area contributed by atoms with Crippen molar-refractivity contribution in [3.63, 3.8) is 0 Å². The molecule has 0 radical (unpaired) electrons. The molecule has 1 saturated carbocycles. The Bertz CT molecular complexity index is 1040. The Kier molecular flexibility index (Phi) is 6.47. The van der Waals surface area contributed by atoms with Gasteiger partial charge in [-0.05, 0) is 34.6 Å². The number of benzene rings is 2. The number of carbonyl (C=O) groups is 2. The number of hydrogen-bond acceptors (Lipinski definition) is 4. The van der Waals surface area contributed by atoms with Crippen LogP contribution >= 0.6 is 0 Å². The fourth-order valence-corrected chi connectivity index (χ4v) is 6.02. The van der Waals surface area contributed by atoms with Crippen LogP contribution in [-0.4, -0.2) is 56.2 Å². The average Bonchev–Trinajstić information content (AvgIpc) is 3.46. The SMILES string of the molecule is O=C([O-])[C@H]1[C@@H](C(=O)N(CCC[NH+]2CCOCC2)Cc2cccc3ccccc23)[C@@H]2C=C[C@H]1C2. The average molecular weight is 449 g/mol. The van der Waals surface area contributed by atoms with Gasteiger partial charge in [0.05, 0.1) is 25.7 Å². The first kappa shape index (κ1) is 22.1. The molecule has 2 aromatic rings. The summed E-state index contributed by atoms with van der Waals surface area (Å²) >= 11 is 0. The third-order valence-corrected chi connectivity index (χ3v) is 7.73. The molecule has 0 aromatic heterocycles. The normalized spacial score (nSPS) is 26.7. The van der Waals surface area contributed by atoms with Crippen molar-refractivity contribution in [3.8, 4) is 0 Å². The van der Waals surface area contributed by atoms with Gasteiger partial charge in [0.15, 0.2) is 0 Å². The van der Waals surface area contributed by atoms with Gasteiger partial charge in [-0.1, -0.05) is 54.6 Å². The highest BCUT2D eigenvalue weighted by Gasteiger charge is 2.49. The number of allylic oxidation sites excluding steroid dienone is 2. The largest absolute Gasteiger partial charge is 0.550 e. The lowest BCUT2D eigenvalue weighted by Crippen LogP contribution is -3.14. The Morgan fingerprint density at radius 2 is 1.73 bits per heavy atom. The molecule has 6 heteroatoms. The summed E-state index contributed by atoms with van der Waals surface area (Å²) in [6, 6.07) is 14.4. The molecule has 6 nitrogen and oxygen atoms in total. The molecule has 1 N–H and O–H groups in total. The van der Waals surface area contributed by atoms with Crippen molar-refractivity contribution in [1.82, 2.24) is 4.90 Å². The number of carboxylic acid groups (broad SMARTS) is 1. The Morgan fingerprint density at radius 3 is 2.52 bits per heavy atom. The van der Waals surface area contributed by atoms with E-state index < -0.39 is 17.8 Å². The van der Waals surface area contributed by atoms with Crippen LogP contribution in [0.4, 0.5) is 0 Å². The summed E-state index contributed by atoms with van der Waals surface area (Å²) < 4.78 is 5.46. The van der Waals surface area contributed by atoms with Crippen LogP contribution in [0.3, 0.4) is 0 Å². The summed E-state index contributed by atoms with van der Waals surface area (Å²) in [5, 5.41) is 14.2. The van der Waals surface area contributed by atoms with Crippen LogP contribution in [0.25, 0.3) is 10.8 Å². The van der Waals surface area contributed by atoms with E-state index in [1.165, 1.54) is 4.90 Å². The number of carboxylic acids is 1. The Hall–Kier alpha value is -2.70. The zero-order valence-corrected chi connectivity index (χ0v) is 18.9. The molecular weight excluding hydrogens is 416 g/mol. The van der Waals surface area contributed by atoms with Gasteiger partial charge in [-0.3, -0.25) is 4.79 Å². The van der Waals surface area contributed by atoms with E-state index in [4.69, 9.17) is 4.74 Å². The Morgan fingerprint density at radius 1 is 1.00 bits per heavy atom. The van der Waals surface area contributed by atoms with Crippen molar-refractivity contribution >= 4 is 22.6 Å². The topological polar surface area (TPSA) is 74.1 Å². The van der Waals surface area contributed by atoms with Crippen molar-refractivity contribution in [3.05, 3.63) is 60.2 Å². The third-order valence-electron chi connectivity index (χ3n) is 7.73. The monoisotopic (exact) mass is 448 g/mol. The van der Waals surface area contributed by atoms with E-state index in [1.807, 2.05) is 35.3 Å². The smallest absolute Gasteiger partial charge is 0.227 e. The highest BCUT2D eigenvalue weighted by Crippen LogP contribution is 2.48. The molecule has 0 unspecified atom stereocenters. The molecule has 1 saturated heterocycles. The predicted octanol–water partition coefficient (Wildman–Crippen LogP) is 0.662. The summed E-state index contributed by atoms with van der Waals surface area (Å²) in [6.07, 6.45) is 5.64. The van der Waals surface area contributed by atoms with Crippen LogP contribution in [0.1, 0.15) is 18.4 Å². The second-order valence-corrected chi connectivity index (χ2v) is 9.68. The number of rotatable bonds is 8. The summed E-state index contributed by atoms with van der Waals surface area (Å²) in [6.45, 7) is 5.70. The number of fused-ring (bicyclic) bond motifs is 3. The zero-order chi connectivity index (χ0) is 22.8. The number of quaternary nitrogens is 1. The van der Waals surface area contributed by atoms with Crippen LogP contribution in [-0.2, 0) is 20.9 Å². The van der Waals surface area contributed by atoms with Gasteiger partial charge >= 0.3 is 0 Å². The van der Waals surface area contributed by atoms with Crippen LogP contribution in [0, 0.1) is 23.7 Å². The molecule has 0 spiro atoms. The van der Waals surface area contributed by atoms with Crippen molar-refractivity contribution < 1.29 is 24.3 Å². The highest BCUT2D eigenvalue weighted by molar-refractivity contribution is 5.88. The quantitative estimate of drug-likeness (QED) is 0.603. The Labute approximate surface area is 194 Å². The van der Waals surface area contributed by atoms with Crippen LogP contribution in [0.15, 0.2) is 54.6 Å². The summed E-state index contributed by atoms with van der Waals surface area (Å²) in [4.78, 5) is 29.2. The molecule has 1 amide bonds. The maximum atomic E-state index is 13.8. The van der Waals surface area contributed by atoms with Crippen molar-refractivity contribution in [2.45, 2.75) is 19.4 Å². The zero-order valence-electron chi connectivity index (χ0n) is 18.9. The number of carbonyl (C=O) groups excluding carboxylic acids is 2. The lowest BCUT2D eigenvalue weighted by atomic mass is 9.82. The molecule has 2 bridgehead atoms. The molecule has 2 fully saturated rings. The fraction of sp³-hybridized carbons (Fsp3) is 0.481. The van der Waals surface area contributed by atoms with E-state index in [9.17, 15) is 14.7 Å². The number of ether oxygens (including phenoxy) is 1. The molecule has 174 valence electrons. The molecule has 3 aliphatic rings. The van der Waals surface area contributed by atoms with E-state index >= 15 is 0 Å². The van der Waals surface area contributed by atoms with Gasteiger partial charge < -0.3 is 24.4 Å². The van der Waals surface area contributed by atoms with E-state index in [1.54, 1.807) is 0 Å². The predicted molar refractivity (Wildman–Crippen MR) is 123 cm³/mol. The molecular formula is C27H32N2O4. The summed E-state index contributed by atoms with van der Waals surface area (Å²) in [7, 11) is 0. The van der Waals surface area contributed by atoms with Gasteiger partial charge in [0.25, 0.3) is 0 Å². The number of morpholine rings is 1. The van der Waals surface area contributed by atoms with Crippen molar-refractivity contribution in [1.29, 1.82) is 0 Å². The molecule has 1 aliphatic heterocycles. The maximum Gasteiger partial charge on any atom is 0.227 e. The van der Waals surface area contributed by atoms with E-state index in [-0.39, 0.29) is 17.7 Å². The minimum Gasteiger partial charge on any atom is -0.550 e. The van der Waals surface area contributed by atoms with Gasteiger partial charge in [0.2, 0.25) is 5.91 Å². The molecule has 2 aliphatic carbocycles.